The molecule has 3 atom stereocenters. The molecule has 2 fully saturated rings. The number of alkyl halides is 2. The van der Waals surface area contributed by atoms with Gasteiger partial charge < -0.3 is 15.0 Å². The molecular weight excluding hydrogens is 523 g/mol. The zero-order chi connectivity index (χ0) is 25.4. The van der Waals surface area contributed by atoms with Crippen molar-refractivity contribution in [1.29, 1.82) is 0 Å². The molecule has 1 amide bonds. The van der Waals surface area contributed by atoms with E-state index in [1.165, 1.54) is 19.2 Å². The van der Waals surface area contributed by atoms with Crippen LogP contribution in [-0.2, 0) is 20.9 Å². The van der Waals surface area contributed by atoms with Crippen molar-refractivity contribution in [2.75, 3.05) is 57.4 Å². The maximum absolute atomic E-state index is 14.5. The highest BCUT2D eigenvalue weighted by Gasteiger charge is 2.42. The Balaban J connectivity index is 0.00000241. The van der Waals surface area contributed by atoms with E-state index in [2.05, 4.69) is 33.9 Å². The minimum absolute atomic E-state index is 0. The van der Waals surface area contributed by atoms with Gasteiger partial charge in [0.15, 0.2) is 0 Å². The largest absolute Gasteiger partial charge is 0.378 e. The number of hydrogen-bond acceptors (Lipinski definition) is 6. The van der Waals surface area contributed by atoms with E-state index in [9.17, 15) is 13.6 Å². The molecule has 7 nitrogen and oxygen atoms in total. The van der Waals surface area contributed by atoms with Crippen molar-refractivity contribution in [3.63, 3.8) is 0 Å². The Morgan fingerprint density at radius 3 is 2.65 bits per heavy atom. The number of fused-ring (bicyclic) bond motifs is 1. The van der Waals surface area contributed by atoms with Crippen molar-refractivity contribution < 1.29 is 18.3 Å². The van der Waals surface area contributed by atoms with Gasteiger partial charge in [-0.25, -0.2) is 8.78 Å². The van der Waals surface area contributed by atoms with E-state index in [1.54, 1.807) is 4.90 Å². The topological polar surface area (TPSA) is 60.9 Å². The number of morpholine rings is 1. The molecule has 11 heteroatoms. The summed E-state index contributed by atoms with van der Waals surface area (Å²) in [5.41, 5.74) is 0.736. The maximum Gasteiger partial charge on any atom is 0.274 e. The second-order valence-corrected chi connectivity index (χ2v) is 11.0. The lowest BCUT2D eigenvalue weighted by molar-refractivity contribution is -0.121. The number of pyridine rings is 1. The van der Waals surface area contributed by atoms with Crippen LogP contribution in [0.5, 0.6) is 0 Å². The number of carbonyl (C=O) groups is 1. The average molecular weight is 567 g/mol. The number of piperazine rings is 1. The number of carbonyl (C=O) groups excluding carboxylic acids is 1. The first-order valence-corrected chi connectivity index (χ1v) is 13.0. The molecule has 0 radical (unpaired) electrons. The normalized spacial score (nSPS) is 26.2. The van der Waals surface area contributed by atoms with Gasteiger partial charge in [-0.2, -0.15) is 0 Å². The summed E-state index contributed by atoms with van der Waals surface area (Å²) in [6.45, 7) is 15.4. The van der Waals surface area contributed by atoms with Crippen LogP contribution < -0.4 is 10.2 Å². The highest BCUT2D eigenvalue weighted by molar-refractivity contribution is 5.97. The first-order chi connectivity index (χ1) is 16.6. The van der Waals surface area contributed by atoms with Crippen molar-refractivity contribution in [2.24, 2.45) is 0 Å². The molecule has 0 aliphatic carbocycles. The van der Waals surface area contributed by atoms with E-state index in [0.29, 0.717) is 24.0 Å². The molecule has 4 rings (SSSR count). The van der Waals surface area contributed by atoms with Gasteiger partial charge in [-0.05, 0) is 19.4 Å². The summed E-state index contributed by atoms with van der Waals surface area (Å²) in [6.07, 6.45) is 2.01. The fourth-order valence-electron chi connectivity index (χ4n) is 5.60. The van der Waals surface area contributed by atoms with Crippen molar-refractivity contribution >= 4 is 36.4 Å². The minimum atomic E-state index is -2.96. The predicted molar refractivity (Wildman–Crippen MR) is 148 cm³/mol. The van der Waals surface area contributed by atoms with Crippen molar-refractivity contribution in [3.8, 4) is 0 Å². The number of ether oxygens (including phenoxy) is 1. The van der Waals surface area contributed by atoms with E-state index in [4.69, 9.17) is 4.74 Å². The van der Waals surface area contributed by atoms with Gasteiger partial charge in [-0.15, -0.1) is 24.8 Å². The van der Waals surface area contributed by atoms with Gasteiger partial charge in [0.2, 0.25) is 5.91 Å². The number of hydrogen-bond donors (Lipinski definition) is 1. The predicted octanol–water partition coefficient (Wildman–Crippen LogP) is 3.82. The summed E-state index contributed by atoms with van der Waals surface area (Å²) in [4.78, 5) is 24.5. The molecule has 37 heavy (non-hydrogen) atoms. The molecule has 2 saturated heterocycles. The number of anilines is 1. The molecule has 212 valence electrons. The van der Waals surface area contributed by atoms with Gasteiger partial charge in [-0.3, -0.25) is 19.6 Å². The third kappa shape index (κ3) is 6.92. The standard InChI is InChI=1S/C26H41F2N5O2.2ClH/c1-6-20-16-35-9-8-31(20)14-21-12-29-18(3)13-32(21)15-23(34)33-17-25(4,5)24-22(33)10-19(11-30-24)26(27,28)7-2;;/h10-11,18,20-21,29H,6-9,12-17H2,1-5H3;2*1H/t18-,20-,21-;;/m1../s1. The molecule has 0 unspecified atom stereocenters. The highest BCUT2D eigenvalue weighted by Crippen LogP contribution is 2.42. The number of nitrogens with one attached hydrogen (secondary N) is 1. The summed E-state index contributed by atoms with van der Waals surface area (Å²) < 4.78 is 34.6. The maximum atomic E-state index is 14.5. The Morgan fingerprint density at radius 2 is 1.97 bits per heavy atom. The van der Waals surface area contributed by atoms with E-state index < -0.39 is 5.92 Å². The Hall–Kier alpha value is -1.10. The monoisotopic (exact) mass is 565 g/mol. The summed E-state index contributed by atoms with van der Waals surface area (Å²) >= 11 is 0. The van der Waals surface area contributed by atoms with Crippen molar-refractivity contribution in [3.05, 3.63) is 23.5 Å². The van der Waals surface area contributed by atoms with Crippen LogP contribution in [0, 0.1) is 0 Å². The Morgan fingerprint density at radius 1 is 1.24 bits per heavy atom. The smallest absolute Gasteiger partial charge is 0.274 e. The third-order valence-electron chi connectivity index (χ3n) is 7.85. The third-order valence-corrected chi connectivity index (χ3v) is 7.85. The lowest BCUT2D eigenvalue weighted by Gasteiger charge is -2.44. The summed E-state index contributed by atoms with van der Waals surface area (Å²) in [5, 5.41) is 3.57. The molecule has 0 spiro atoms. The quantitative estimate of drug-likeness (QED) is 0.542. The minimum Gasteiger partial charge on any atom is -0.378 e. The van der Waals surface area contributed by atoms with Crippen LogP contribution in [0.1, 0.15) is 58.7 Å². The number of amides is 1. The lowest BCUT2D eigenvalue weighted by Crippen LogP contribution is -2.62. The molecule has 1 aromatic heterocycles. The second-order valence-electron chi connectivity index (χ2n) is 11.0. The summed E-state index contributed by atoms with van der Waals surface area (Å²) in [5.74, 6) is -3.01. The first-order valence-electron chi connectivity index (χ1n) is 13.0. The molecule has 3 aliphatic rings. The molecule has 3 aliphatic heterocycles. The van der Waals surface area contributed by atoms with Crippen LogP contribution in [0.15, 0.2) is 12.3 Å². The number of rotatable bonds is 7. The van der Waals surface area contributed by atoms with Crippen LogP contribution in [-0.4, -0.2) is 91.3 Å². The number of aromatic nitrogens is 1. The average Bonchev–Trinajstić information content (AvgIpc) is 3.11. The SMILES string of the molecule is CC[C@@H]1COCCN1C[C@H]1CN[C@H](C)CN1CC(=O)N1CC(C)(C)c2ncc(C(F)(F)CC)cc21.Cl.Cl. The van der Waals surface area contributed by atoms with Crippen LogP contribution in [0.25, 0.3) is 0 Å². The molecule has 0 bridgehead atoms. The van der Waals surface area contributed by atoms with Crippen molar-refractivity contribution in [1.82, 2.24) is 20.1 Å². The zero-order valence-corrected chi connectivity index (χ0v) is 24.3. The molecule has 0 saturated carbocycles. The van der Waals surface area contributed by atoms with Gasteiger partial charge in [0.1, 0.15) is 0 Å². The zero-order valence-electron chi connectivity index (χ0n) is 22.6. The Labute approximate surface area is 232 Å². The van der Waals surface area contributed by atoms with Gasteiger partial charge >= 0.3 is 0 Å². The van der Waals surface area contributed by atoms with Gasteiger partial charge in [0, 0.05) is 74.4 Å². The highest BCUT2D eigenvalue weighted by atomic mass is 35.5. The Kier molecular flexibility index (Phi) is 11.1. The molecule has 1 N–H and O–H groups in total. The number of nitrogens with zero attached hydrogens (tertiary/aromatic N) is 4. The van der Waals surface area contributed by atoms with E-state index in [0.717, 1.165) is 45.8 Å². The second kappa shape index (κ2) is 12.8. The number of halogens is 4. The van der Waals surface area contributed by atoms with Gasteiger partial charge in [0.25, 0.3) is 5.92 Å². The summed E-state index contributed by atoms with van der Waals surface area (Å²) in [6, 6.07) is 2.36. The first kappa shape index (κ1) is 32.1. The van der Waals surface area contributed by atoms with Crippen LogP contribution >= 0.6 is 24.8 Å². The lowest BCUT2D eigenvalue weighted by atomic mass is 9.91. The van der Waals surface area contributed by atoms with Crippen LogP contribution in [0.3, 0.4) is 0 Å². The van der Waals surface area contributed by atoms with Crippen LogP contribution in [0.2, 0.25) is 0 Å². The summed E-state index contributed by atoms with van der Waals surface area (Å²) in [7, 11) is 0. The van der Waals surface area contributed by atoms with Gasteiger partial charge in [0.05, 0.1) is 31.1 Å². The molecule has 0 aromatic carbocycles. The Bertz CT molecular complexity index is 923. The van der Waals surface area contributed by atoms with E-state index in [1.807, 2.05) is 13.8 Å². The molecule has 1 aromatic rings. The molecule has 4 heterocycles. The molecular formula is C26H43Cl2F2N5O2. The fraction of sp³-hybridized carbons (Fsp3) is 0.769. The van der Waals surface area contributed by atoms with E-state index >= 15 is 0 Å². The van der Waals surface area contributed by atoms with Crippen molar-refractivity contribution in [2.45, 2.75) is 76.9 Å². The van der Waals surface area contributed by atoms with E-state index in [-0.39, 0.29) is 66.7 Å². The van der Waals surface area contributed by atoms with Crippen LogP contribution in [0.4, 0.5) is 14.5 Å². The fourth-order valence-corrected chi connectivity index (χ4v) is 5.60. The van der Waals surface area contributed by atoms with Gasteiger partial charge in [-0.1, -0.05) is 27.7 Å².